The lowest BCUT2D eigenvalue weighted by atomic mass is 10.1. The van der Waals surface area contributed by atoms with E-state index in [2.05, 4.69) is 25.8 Å². The Balaban J connectivity index is 1.51. The maximum atomic E-state index is 12.9. The fourth-order valence-electron chi connectivity index (χ4n) is 4.00. The topological polar surface area (TPSA) is 108 Å². The second kappa shape index (κ2) is 12.8. The summed E-state index contributed by atoms with van der Waals surface area (Å²) < 4.78 is 60.9. The minimum Gasteiger partial charge on any atom is -0.475 e. The fraction of sp³-hybridized carbons (Fsp3) is 0.385. The van der Waals surface area contributed by atoms with Crippen LogP contribution in [0.2, 0.25) is 0 Å². The van der Waals surface area contributed by atoms with Crippen LogP contribution in [0, 0.1) is 6.92 Å². The van der Waals surface area contributed by atoms with Crippen molar-refractivity contribution in [2.24, 2.45) is 0 Å². The second-order valence-corrected chi connectivity index (χ2v) is 8.79. The molecule has 3 aromatic rings. The summed E-state index contributed by atoms with van der Waals surface area (Å²) in [5, 5.41) is 13.2. The highest BCUT2D eigenvalue weighted by Crippen LogP contribution is 2.30. The van der Waals surface area contributed by atoms with Gasteiger partial charge in [-0.15, -0.1) is 18.3 Å². The van der Waals surface area contributed by atoms with Gasteiger partial charge in [-0.2, -0.15) is 0 Å². The summed E-state index contributed by atoms with van der Waals surface area (Å²) in [6.07, 6.45) is -4.88. The van der Waals surface area contributed by atoms with Gasteiger partial charge in [0.25, 0.3) is 0 Å². The first-order valence-corrected chi connectivity index (χ1v) is 12.2. The number of amides is 2. The van der Waals surface area contributed by atoms with Crippen molar-refractivity contribution in [2.45, 2.75) is 32.5 Å². The smallest absolute Gasteiger partial charge is 0.475 e. The number of nitrogens with zero attached hydrogens (tertiary/aromatic N) is 2. The molecule has 1 fully saturated rings. The molecule has 10 nitrogen and oxygen atoms in total. The normalized spacial score (nSPS) is 15.6. The van der Waals surface area contributed by atoms with E-state index in [4.69, 9.17) is 14.2 Å². The maximum absolute atomic E-state index is 12.9. The molecule has 2 heterocycles. The number of alkyl halides is 3. The first-order chi connectivity index (χ1) is 18.7. The molecular weight excluding hydrogens is 519 g/mol. The number of carbonyl (C=O) groups is 1. The Bertz CT molecular complexity index is 1250. The van der Waals surface area contributed by atoms with E-state index in [1.165, 1.54) is 30.0 Å². The number of aromatic nitrogens is 2. The van der Waals surface area contributed by atoms with Crippen LogP contribution < -0.4 is 25.4 Å². The van der Waals surface area contributed by atoms with E-state index in [1.54, 1.807) is 6.92 Å². The Morgan fingerprint density at radius 3 is 2.72 bits per heavy atom. The van der Waals surface area contributed by atoms with Gasteiger partial charge < -0.3 is 29.6 Å². The molecule has 1 aliphatic heterocycles. The van der Waals surface area contributed by atoms with Gasteiger partial charge >= 0.3 is 12.4 Å². The Morgan fingerprint density at radius 2 is 2.03 bits per heavy atom. The molecule has 0 radical (unpaired) electrons. The molecule has 0 aliphatic carbocycles. The molecule has 0 bridgehead atoms. The van der Waals surface area contributed by atoms with Crippen molar-refractivity contribution in [3.05, 3.63) is 65.2 Å². The highest BCUT2D eigenvalue weighted by molar-refractivity contribution is 5.89. The van der Waals surface area contributed by atoms with Crippen LogP contribution in [0.25, 0.3) is 5.69 Å². The van der Waals surface area contributed by atoms with Gasteiger partial charge in [0.15, 0.2) is 0 Å². The molecule has 1 aromatic heterocycles. The molecule has 3 N–H and O–H groups in total. The van der Waals surface area contributed by atoms with E-state index in [0.717, 1.165) is 6.54 Å². The SMILES string of the molecule is COCc1ccc(OC(F)(F)F)c(CNC(=O)Nc2c(C)c(OC[C@@H]3COCCN3)nn2-c2ccccc2)c1. The van der Waals surface area contributed by atoms with E-state index in [9.17, 15) is 18.0 Å². The van der Waals surface area contributed by atoms with Gasteiger partial charge in [-0.25, -0.2) is 9.48 Å². The minimum absolute atomic E-state index is 0.00159. The number of benzene rings is 2. The molecule has 13 heteroatoms. The summed E-state index contributed by atoms with van der Waals surface area (Å²) in [5.74, 6) is 0.264. The Hall–Kier alpha value is -3.81. The van der Waals surface area contributed by atoms with Crippen LogP contribution in [0.3, 0.4) is 0 Å². The van der Waals surface area contributed by atoms with Crippen LogP contribution >= 0.6 is 0 Å². The zero-order valence-corrected chi connectivity index (χ0v) is 21.5. The van der Waals surface area contributed by atoms with Crippen molar-refractivity contribution in [2.75, 3.05) is 38.8 Å². The number of hydrogen-bond acceptors (Lipinski definition) is 7. The molecule has 1 atom stereocenters. The number of nitrogens with one attached hydrogen (secondary N) is 3. The van der Waals surface area contributed by atoms with Crippen LogP contribution in [0.1, 0.15) is 16.7 Å². The molecule has 1 aliphatic rings. The van der Waals surface area contributed by atoms with Crippen LogP contribution in [0.4, 0.5) is 23.8 Å². The predicted octanol–water partition coefficient (Wildman–Crippen LogP) is 3.91. The lowest BCUT2D eigenvalue weighted by Gasteiger charge is -2.23. The van der Waals surface area contributed by atoms with Crippen molar-refractivity contribution in [3.63, 3.8) is 0 Å². The maximum Gasteiger partial charge on any atom is 0.573 e. The fourth-order valence-corrected chi connectivity index (χ4v) is 4.00. The Labute approximate surface area is 223 Å². The van der Waals surface area contributed by atoms with Crippen molar-refractivity contribution in [1.29, 1.82) is 0 Å². The minimum atomic E-state index is -4.88. The molecule has 2 amide bonds. The third-order valence-electron chi connectivity index (χ3n) is 5.83. The number of para-hydroxylation sites is 1. The summed E-state index contributed by atoms with van der Waals surface area (Å²) in [6, 6.07) is 12.6. The van der Waals surface area contributed by atoms with Crippen LogP contribution in [0.15, 0.2) is 48.5 Å². The largest absolute Gasteiger partial charge is 0.573 e. The number of ether oxygens (including phenoxy) is 4. The van der Waals surface area contributed by atoms with E-state index >= 15 is 0 Å². The van der Waals surface area contributed by atoms with Gasteiger partial charge in [-0.1, -0.05) is 24.3 Å². The van der Waals surface area contributed by atoms with Crippen molar-refractivity contribution in [1.82, 2.24) is 20.4 Å². The molecule has 2 aromatic carbocycles. The standard InChI is InChI=1S/C26H30F3N5O5/c1-17-23(32-25(35)31-13-19-12-18(14-36-2)8-9-22(19)39-26(27,28)29)34(21-6-4-3-5-7-21)33-24(17)38-16-20-15-37-11-10-30-20/h3-9,12,20,30H,10-11,13-16H2,1-2H3,(H2,31,32,35)/t20-/m0/s1. The lowest BCUT2D eigenvalue weighted by Crippen LogP contribution is -2.44. The molecule has 0 spiro atoms. The highest BCUT2D eigenvalue weighted by atomic mass is 19.4. The first kappa shape index (κ1) is 28.2. The number of morpholine rings is 1. The number of rotatable bonds is 10. The average Bonchev–Trinajstić information content (AvgIpc) is 3.22. The van der Waals surface area contributed by atoms with E-state index < -0.39 is 18.1 Å². The molecule has 39 heavy (non-hydrogen) atoms. The van der Waals surface area contributed by atoms with E-state index in [0.29, 0.717) is 48.3 Å². The highest BCUT2D eigenvalue weighted by Gasteiger charge is 2.32. The van der Waals surface area contributed by atoms with Crippen molar-refractivity contribution < 1.29 is 36.9 Å². The summed E-state index contributed by atoms with van der Waals surface area (Å²) in [7, 11) is 1.47. The van der Waals surface area contributed by atoms with Crippen LogP contribution in [0.5, 0.6) is 11.6 Å². The Morgan fingerprint density at radius 1 is 1.23 bits per heavy atom. The van der Waals surface area contributed by atoms with Gasteiger partial charge in [0.1, 0.15) is 18.2 Å². The predicted molar refractivity (Wildman–Crippen MR) is 136 cm³/mol. The number of methoxy groups -OCH3 is 1. The number of halogens is 3. The summed E-state index contributed by atoms with van der Waals surface area (Å²) in [5.41, 5.74) is 2.02. The zero-order valence-electron chi connectivity index (χ0n) is 21.5. The second-order valence-electron chi connectivity index (χ2n) is 8.79. The monoisotopic (exact) mass is 549 g/mol. The van der Waals surface area contributed by atoms with E-state index in [1.807, 2.05) is 30.3 Å². The van der Waals surface area contributed by atoms with Gasteiger partial charge in [0, 0.05) is 25.8 Å². The van der Waals surface area contributed by atoms with Crippen molar-refractivity contribution >= 4 is 11.8 Å². The summed E-state index contributed by atoms with van der Waals surface area (Å²) >= 11 is 0. The molecule has 0 unspecified atom stereocenters. The quantitative estimate of drug-likeness (QED) is 0.352. The molecule has 4 rings (SSSR count). The average molecular weight is 550 g/mol. The molecular formula is C26H30F3N5O5. The third kappa shape index (κ3) is 7.85. The number of carbonyl (C=O) groups excluding carboxylic acids is 1. The lowest BCUT2D eigenvalue weighted by molar-refractivity contribution is -0.274. The van der Waals surface area contributed by atoms with Gasteiger partial charge in [0.2, 0.25) is 5.88 Å². The number of hydrogen-bond donors (Lipinski definition) is 3. The zero-order chi connectivity index (χ0) is 27.8. The van der Waals surface area contributed by atoms with Crippen LogP contribution in [-0.4, -0.2) is 61.7 Å². The molecule has 210 valence electrons. The van der Waals surface area contributed by atoms with E-state index in [-0.39, 0.29) is 24.8 Å². The number of urea groups is 1. The van der Waals surface area contributed by atoms with Gasteiger partial charge in [0.05, 0.1) is 37.1 Å². The van der Waals surface area contributed by atoms with Gasteiger partial charge in [-0.05, 0) is 36.8 Å². The Kier molecular flexibility index (Phi) is 9.28. The van der Waals surface area contributed by atoms with Gasteiger partial charge in [-0.3, -0.25) is 5.32 Å². The third-order valence-corrected chi connectivity index (χ3v) is 5.83. The number of anilines is 1. The molecule has 0 saturated carbocycles. The van der Waals surface area contributed by atoms with Crippen molar-refractivity contribution in [3.8, 4) is 17.3 Å². The molecule has 1 saturated heterocycles. The summed E-state index contributed by atoms with van der Waals surface area (Å²) in [6.45, 7) is 3.90. The van der Waals surface area contributed by atoms with Crippen LogP contribution in [-0.2, 0) is 22.6 Å². The first-order valence-electron chi connectivity index (χ1n) is 12.2. The summed E-state index contributed by atoms with van der Waals surface area (Å²) in [4.78, 5) is 12.9.